The number of carbonyl (C=O) groups excluding carboxylic acids is 1. The quantitative estimate of drug-likeness (QED) is 0.753. The number of halogens is 1. The van der Waals surface area contributed by atoms with E-state index in [0.29, 0.717) is 30.5 Å². The largest absolute Gasteiger partial charge is 0.370 e. The molecule has 0 aliphatic heterocycles. The SMILES string of the molecule is CCNC(=O)CCNc1cccc(Cl)n1. The zero-order chi connectivity index (χ0) is 11.1. The van der Waals surface area contributed by atoms with E-state index >= 15 is 0 Å². The highest BCUT2D eigenvalue weighted by molar-refractivity contribution is 6.29. The zero-order valence-electron chi connectivity index (χ0n) is 8.59. The highest BCUT2D eigenvalue weighted by atomic mass is 35.5. The number of anilines is 1. The van der Waals surface area contributed by atoms with Crippen LogP contribution >= 0.6 is 11.6 Å². The number of rotatable bonds is 5. The Morgan fingerprint density at radius 3 is 3.00 bits per heavy atom. The van der Waals surface area contributed by atoms with Crippen molar-refractivity contribution >= 4 is 23.3 Å². The molecule has 0 fully saturated rings. The minimum absolute atomic E-state index is 0.0343. The number of carbonyl (C=O) groups is 1. The number of hydrogen-bond acceptors (Lipinski definition) is 3. The Kier molecular flexibility index (Phi) is 4.90. The molecule has 4 nitrogen and oxygen atoms in total. The number of nitrogens with one attached hydrogen (secondary N) is 2. The topological polar surface area (TPSA) is 54.0 Å². The van der Waals surface area contributed by atoms with Gasteiger partial charge in [-0.2, -0.15) is 0 Å². The maximum Gasteiger partial charge on any atom is 0.221 e. The lowest BCUT2D eigenvalue weighted by atomic mass is 10.4. The molecule has 0 atom stereocenters. The van der Waals surface area contributed by atoms with Gasteiger partial charge < -0.3 is 10.6 Å². The standard InChI is InChI=1S/C10H14ClN3O/c1-2-12-10(15)6-7-13-9-5-3-4-8(11)14-9/h3-5H,2,6-7H2,1H3,(H,12,15)(H,13,14). The van der Waals surface area contributed by atoms with Crippen LogP contribution in [0.15, 0.2) is 18.2 Å². The van der Waals surface area contributed by atoms with Gasteiger partial charge in [-0.3, -0.25) is 4.79 Å². The number of amides is 1. The van der Waals surface area contributed by atoms with E-state index in [0.717, 1.165) is 0 Å². The summed E-state index contributed by atoms with van der Waals surface area (Å²) in [6.45, 7) is 3.11. The Balaban J connectivity index is 2.28. The van der Waals surface area contributed by atoms with Crippen LogP contribution in [-0.4, -0.2) is 24.0 Å². The van der Waals surface area contributed by atoms with Gasteiger partial charge in [-0.1, -0.05) is 17.7 Å². The fraction of sp³-hybridized carbons (Fsp3) is 0.400. The van der Waals surface area contributed by atoms with Crippen LogP contribution in [0.3, 0.4) is 0 Å². The van der Waals surface area contributed by atoms with Crippen LogP contribution in [-0.2, 0) is 4.79 Å². The third kappa shape index (κ3) is 4.65. The molecule has 0 aromatic carbocycles. The summed E-state index contributed by atoms with van der Waals surface area (Å²) in [4.78, 5) is 15.1. The molecular formula is C10H14ClN3O. The Morgan fingerprint density at radius 2 is 2.33 bits per heavy atom. The monoisotopic (exact) mass is 227 g/mol. The predicted molar refractivity (Wildman–Crippen MR) is 61.0 cm³/mol. The van der Waals surface area contributed by atoms with Crippen LogP contribution in [0.1, 0.15) is 13.3 Å². The number of hydrogen-bond donors (Lipinski definition) is 2. The van der Waals surface area contributed by atoms with Crippen molar-refractivity contribution in [3.05, 3.63) is 23.4 Å². The van der Waals surface area contributed by atoms with E-state index in [-0.39, 0.29) is 5.91 Å². The molecule has 2 N–H and O–H groups in total. The molecule has 0 spiro atoms. The zero-order valence-corrected chi connectivity index (χ0v) is 9.34. The smallest absolute Gasteiger partial charge is 0.221 e. The average molecular weight is 228 g/mol. The third-order valence-corrected chi connectivity index (χ3v) is 1.96. The summed E-state index contributed by atoms with van der Waals surface area (Å²) in [7, 11) is 0. The molecule has 0 saturated heterocycles. The van der Waals surface area contributed by atoms with Gasteiger partial charge in [0.05, 0.1) is 0 Å². The van der Waals surface area contributed by atoms with Crippen LogP contribution < -0.4 is 10.6 Å². The van der Waals surface area contributed by atoms with E-state index in [1.165, 1.54) is 0 Å². The molecule has 1 rings (SSSR count). The normalized spacial score (nSPS) is 9.73. The van der Waals surface area contributed by atoms with Crippen LogP contribution in [0.25, 0.3) is 0 Å². The Labute approximate surface area is 94.0 Å². The molecule has 1 amide bonds. The summed E-state index contributed by atoms with van der Waals surface area (Å²) >= 11 is 5.71. The van der Waals surface area contributed by atoms with Gasteiger partial charge in [-0.25, -0.2) is 4.98 Å². The van der Waals surface area contributed by atoms with Crippen LogP contribution in [0, 0.1) is 0 Å². The lowest BCUT2D eigenvalue weighted by Gasteiger charge is -2.05. The van der Waals surface area contributed by atoms with Gasteiger partial charge in [0.1, 0.15) is 11.0 Å². The molecule has 5 heteroatoms. The number of pyridine rings is 1. The second kappa shape index (κ2) is 6.24. The second-order valence-electron chi connectivity index (χ2n) is 2.98. The van der Waals surface area contributed by atoms with Crippen LogP contribution in [0.4, 0.5) is 5.82 Å². The van der Waals surface area contributed by atoms with Crippen LogP contribution in [0.5, 0.6) is 0 Å². The fourth-order valence-electron chi connectivity index (χ4n) is 1.10. The summed E-state index contributed by atoms with van der Waals surface area (Å²) in [6, 6.07) is 5.32. The van der Waals surface area contributed by atoms with Gasteiger partial charge in [0.25, 0.3) is 0 Å². The molecule has 0 radical (unpaired) electrons. The summed E-state index contributed by atoms with van der Waals surface area (Å²) in [5.41, 5.74) is 0. The number of aromatic nitrogens is 1. The predicted octanol–water partition coefficient (Wildman–Crippen LogP) is 1.67. The molecule has 0 bridgehead atoms. The first kappa shape index (κ1) is 11.8. The Hall–Kier alpha value is -1.29. The van der Waals surface area contributed by atoms with Crippen molar-refractivity contribution in [2.75, 3.05) is 18.4 Å². The molecule has 1 aromatic heterocycles. The van der Waals surface area contributed by atoms with Crippen molar-refractivity contribution in [1.29, 1.82) is 0 Å². The average Bonchev–Trinajstić information content (AvgIpc) is 2.18. The minimum atomic E-state index is 0.0343. The first-order valence-corrected chi connectivity index (χ1v) is 5.23. The van der Waals surface area contributed by atoms with Crippen LogP contribution in [0.2, 0.25) is 5.15 Å². The van der Waals surface area contributed by atoms with E-state index in [9.17, 15) is 4.79 Å². The number of nitrogens with zero attached hydrogens (tertiary/aromatic N) is 1. The highest BCUT2D eigenvalue weighted by Gasteiger charge is 1.99. The Bertz CT molecular complexity index is 330. The molecule has 0 saturated carbocycles. The van der Waals surface area contributed by atoms with Crippen molar-refractivity contribution in [1.82, 2.24) is 10.3 Å². The molecule has 15 heavy (non-hydrogen) atoms. The molecule has 1 aromatic rings. The summed E-state index contributed by atoms with van der Waals surface area (Å²) in [5.74, 6) is 0.721. The van der Waals surface area contributed by atoms with Gasteiger partial charge in [-0.05, 0) is 19.1 Å². The maximum absolute atomic E-state index is 11.1. The van der Waals surface area contributed by atoms with Gasteiger partial charge >= 0.3 is 0 Å². The van der Waals surface area contributed by atoms with Gasteiger partial charge in [0.15, 0.2) is 0 Å². The lowest BCUT2D eigenvalue weighted by molar-refractivity contribution is -0.120. The Morgan fingerprint density at radius 1 is 1.53 bits per heavy atom. The van der Waals surface area contributed by atoms with Crippen molar-refractivity contribution in [3.8, 4) is 0 Å². The van der Waals surface area contributed by atoms with E-state index in [1.54, 1.807) is 6.07 Å². The molecule has 82 valence electrons. The van der Waals surface area contributed by atoms with Crippen molar-refractivity contribution in [3.63, 3.8) is 0 Å². The van der Waals surface area contributed by atoms with Gasteiger partial charge in [0.2, 0.25) is 5.91 Å². The summed E-state index contributed by atoms with van der Waals surface area (Å²) < 4.78 is 0. The fourth-order valence-corrected chi connectivity index (χ4v) is 1.26. The summed E-state index contributed by atoms with van der Waals surface area (Å²) in [6.07, 6.45) is 0.433. The molecule has 1 heterocycles. The highest BCUT2D eigenvalue weighted by Crippen LogP contribution is 2.08. The molecule has 0 aliphatic rings. The van der Waals surface area contributed by atoms with Gasteiger partial charge in [-0.15, -0.1) is 0 Å². The van der Waals surface area contributed by atoms with Crippen molar-refractivity contribution < 1.29 is 4.79 Å². The minimum Gasteiger partial charge on any atom is -0.370 e. The molecule has 0 aliphatic carbocycles. The third-order valence-electron chi connectivity index (χ3n) is 1.75. The molecular weight excluding hydrogens is 214 g/mol. The lowest BCUT2D eigenvalue weighted by Crippen LogP contribution is -2.24. The first-order valence-electron chi connectivity index (χ1n) is 4.85. The molecule has 0 unspecified atom stereocenters. The summed E-state index contributed by atoms with van der Waals surface area (Å²) in [5, 5.41) is 6.18. The van der Waals surface area contributed by atoms with Gasteiger partial charge in [0, 0.05) is 19.5 Å². The van der Waals surface area contributed by atoms with E-state index in [1.807, 2.05) is 19.1 Å². The maximum atomic E-state index is 11.1. The first-order chi connectivity index (χ1) is 7.22. The van der Waals surface area contributed by atoms with Crippen molar-refractivity contribution in [2.24, 2.45) is 0 Å². The van der Waals surface area contributed by atoms with E-state index in [2.05, 4.69) is 15.6 Å². The van der Waals surface area contributed by atoms with E-state index in [4.69, 9.17) is 11.6 Å². The second-order valence-corrected chi connectivity index (χ2v) is 3.36. The van der Waals surface area contributed by atoms with Crippen molar-refractivity contribution in [2.45, 2.75) is 13.3 Å². The van der Waals surface area contributed by atoms with E-state index < -0.39 is 0 Å².